The van der Waals surface area contributed by atoms with E-state index in [2.05, 4.69) is 21.2 Å². The number of nitrogens with one attached hydrogen (secondary N) is 1. The Kier molecular flexibility index (Phi) is 5.22. The van der Waals surface area contributed by atoms with Gasteiger partial charge in [0.25, 0.3) is 0 Å². The zero-order valence-electron chi connectivity index (χ0n) is 10.9. The lowest BCUT2D eigenvalue weighted by molar-refractivity contribution is -0.130. The van der Waals surface area contributed by atoms with E-state index in [1.807, 2.05) is 29.2 Å². The first kappa shape index (κ1) is 14.3. The van der Waals surface area contributed by atoms with Gasteiger partial charge in [-0.15, -0.1) is 0 Å². The van der Waals surface area contributed by atoms with Crippen LogP contribution in [0.25, 0.3) is 0 Å². The van der Waals surface area contributed by atoms with Gasteiger partial charge in [0.1, 0.15) is 0 Å². The number of hydrogen-bond acceptors (Lipinski definition) is 3. The molecule has 4 nitrogen and oxygen atoms in total. The van der Waals surface area contributed by atoms with Crippen LogP contribution in [0.2, 0.25) is 0 Å². The lowest BCUT2D eigenvalue weighted by Crippen LogP contribution is -2.37. The lowest BCUT2D eigenvalue weighted by atomic mass is 10.1. The first-order chi connectivity index (χ1) is 9.20. The third kappa shape index (κ3) is 3.94. The zero-order chi connectivity index (χ0) is 13.7. The lowest BCUT2D eigenvalue weighted by Gasteiger charge is -2.22. The van der Waals surface area contributed by atoms with Gasteiger partial charge in [0.2, 0.25) is 5.91 Å². The van der Waals surface area contributed by atoms with Gasteiger partial charge in [-0.3, -0.25) is 4.79 Å². The topological polar surface area (TPSA) is 58.4 Å². The molecule has 1 atom stereocenters. The second kappa shape index (κ2) is 6.91. The molecule has 104 valence electrons. The molecule has 1 fully saturated rings. The zero-order valence-corrected chi connectivity index (χ0v) is 12.5. The Morgan fingerprint density at radius 2 is 2.05 bits per heavy atom. The van der Waals surface area contributed by atoms with Crippen molar-refractivity contribution in [2.24, 2.45) is 5.73 Å². The van der Waals surface area contributed by atoms with Crippen molar-refractivity contribution >= 4 is 27.5 Å². The van der Waals surface area contributed by atoms with Crippen LogP contribution in [0.15, 0.2) is 28.7 Å². The number of benzene rings is 1. The van der Waals surface area contributed by atoms with E-state index in [-0.39, 0.29) is 11.9 Å². The molecule has 1 amide bonds. The minimum Gasteiger partial charge on any atom is -0.380 e. The Bertz CT molecular complexity index is 432. The van der Waals surface area contributed by atoms with Crippen LogP contribution in [0.4, 0.5) is 5.69 Å². The first-order valence-corrected chi connectivity index (χ1v) is 7.49. The third-order valence-electron chi connectivity index (χ3n) is 3.40. The van der Waals surface area contributed by atoms with Crippen molar-refractivity contribution in [3.05, 3.63) is 28.7 Å². The highest BCUT2D eigenvalue weighted by atomic mass is 79.9. The molecule has 1 heterocycles. The highest BCUT2D eigenvalue weighted by Crippen LogP contribution is 2.22. The molecule has 1 saturated heterocycles. The minimum atomic E-state index is -0.0215. The van der Waals surface area contributed by atoms with Crippen molar-refractivity contribution in [2.45, 2.75) is 25.3 Å². The summed E-state index contributed by atoms with van der Waals surface area (Å²) < 4.78 is 0.988. The van der Waals surface area contributed by atoms with Crippen LogP contribution in [0.5, 0.6) is 0 Å². The highest BCUT2D eigenvalue weighted by molar-refractivity contribution is 9.10. The quantitative estimate of drug-likeness (QED) is 0.872. The monoisotopic (exact) mass is 325 g/mol. The van der Waals surface area contributed by atoms with Crippen LogP contribution in [-0.2, 0) is 4.79 Å². The van der Waals surface area contributed by atoms with Crippen LogP contribution >= 0.6 is 15.9 Å². The molecule has 19 heavy (non-hydrogen) atoms. The van der Waals surface area contributed by atoms with E-state index >= 15 is 0 Å². The van der Waals surface area contributed by atoms with E-state index in [0.29, 0.717) is 13.0 Å². The Hall–Kier alpha value is -1.07. The number of carbonyl (C=O) groups excluding carboxylic acids is 1. The van der Waals surface area contributed by atoms with Crippen LogP contribution in [-0.4, -0.2) is 36.5 Å². The number of halogens is 1. The van der Waals surface area contributed by atoms with Gasteiger partial charge in [0.05, 0.1) is 0 Å². The van der Waals surface area contributed by atoms with Crippen molar-refractivity contribution in [1.82, 2.24) is 4.90 Å². The molecule has 2 rings (SSSR count). The Morgan fingerprint density at radius 3 is 2.68 bits per heavy atom. The predicted octanol–water partition coefficient (Wildman–Crippen LogP) is 2.20. The van der Waals surface area contributed by atoms with E-state index < -0.39 is 0 Å². The molecule has 1 aliphatic heterocycles. The van der Waals surface area contributed by atoms with Gasteiger partial charge in [0.15, 0.2) is 0 Å². The van der Waals surface area contributed by atoms with E-state index in [4.69, 9.17) is 5.73 Å². The van der Waals surface area contributed by atoms with Crippen molar-refractivity contribution in [2.75, 3.05) is 25.0 Å². The number of para-hydroxylation sites is 1. The number of carbonyl (C=O) groups is 1. The summed E-state index contributed by atoms with van der Waals surface area (Å²) in [5.41, 5.74) is 6.75. The normalized spacial score (nSPS) is 16.4. The van der Waals surface area contributed by atoms with Gasteiger partial charge >= 0.3 is 0 Å². The number of nitrogens with zero attached hydrogens (tertiary/aromatic N) is 1. The number of nitrogens with two attached hydrogens (primary N) is 1. The molecule has 0 bridgehead atoms. The molecular weight excluding hydrogens is 306 g/mol. The van der Waals surface area contributed by atoms with Crippen LogP contribution in [0.3, 0.4) is 0 Å². The van der Waals surface area contributed by atoms with Gasteiger partial charge in [-0.1, -0.05) is 12.1 Å². The maximum atomic E-state index is 12.1. The molecule has 0 saturated carbocycles. The molecule has 3 N–H and O–H groups in total. The molecule has 1 aromatic rings. The van der Waals surface area contributed by atoms with E-state index in [1.54, 1.807) is 0 Å². The number of hydrogen-bond donors (Lipinski definition) is 2. The molecule has 0 radical (unpaired) electrons. The second-order valence-electron chi connectivity index (χ2n) is 4.85. The van der Waals surface area contributed by atoms with Gasteiger partial charge in [-0.2, -0.15) is 0 Å². The summed E-state index contributed by atoms with van der Waals surface area (Å²) in [4.78, 5) is 14.0. The Morgan fingerprint density at radius 1 is 1.37 bits per heavy atom. The second-order valence-corrected chi connectivity index (χ2v) is 5.70. The first-order valence-electron chi connectivity index (χ1n) is 6.69. The average Bonchev–Trinajstić information content (AvgIpc) is 2.94. The molecule has 0 aromatic heterocycles. The van der Waals surface area contributed by atoms with Crippen LogP contribution in [0.1, 0.15) is 19.3 Å². The fraction of sp³-hybridized carbons (Fsp3) is 0.500. The molecule has 1 aliphatic rings. The summed E-state index contributed by atoms with van der Waals surface area (Å²) in [6.07, 6.45) is 2.70. The maximum Gasteiger partial charge on any atom is 0.224 e. The summed E-state index contributed by atoms with van der Waals surface area (Å²) in [7, 11) is 0. The van der Waals surface area contributed by atoms with Crippen LogP contribution < -0.4 is 11.1 Å². The van der Waals surface area contributed by atoms with Crippen molar-refractivity contribution < 1.29 is 4.79 Å². The number of rotatable bonds is 5. The number of anilines is 1. The summed E-state index contributed by atoms with van der Waals surface area (Å²) in [6.45, 7) is 2.23. The van der Waals surface area contributed by atoms with Crippen molar-refractivity contribution in [3.8, 4) is 0 Å². The van der Waals surface area contributed by atoms with Gasteiger partial charge in [-0.05, 0) is 40.9 Å². The van der Waals surface area contributed by atoms with Crippen LogP contribution in [0, 0.1) is 0 Å². The molecular formula is C14H20BrN3O. The molecule has 0 spiro atoms. The van der Waals surface area contributed by atoms with E-state index in [0.717, 1.165) is 36.1 Å². The Balaban J connectivity index is 1.93. The standard InChI is InChI=1S/C14H20BrN3O/c15-12-5-1-2-6-13(12)17-11(10-16)9-14(19)18-7-3-4-8-18/h1-2,5-6,11,17H,3-4,7-10,16H2. The van der Waals surface area contributed by atoms with Crippen molar-refractivity contribution in [3.63, 3.8) is 0 Å². The third-order valence-corrected chi connectivity index (χ3v) is 4.09. The smallest absolute Gasteiger partial charge is 0.224 e. The fourth-order valence-electron chi connectivity index (χ4n) is 2.30. The molecule has 5 heteroatoms. The molecule has 1 aromatic carbocycles. The summed E-state index contributed by atoms with van der Waals surface area (Å²) >= 11 is 3.49. The average molecular weight is 326 g/mol. The Labute approximate surface area is 122 Å². The largest absolute Gasteiger partial charge is 0.380 e. The van der Waals surface area contributed by atoms with E-state index in [9.17, 15) is 4.79 Å². The van der Waals surface area contributed by atoms with Gasteiger partial charge < -0.3 is 16.0 Å². The highest BCUT2D eigenvalue weighted by Gasteiger charge is 2.21. The number of amides is 1. The molecule has 1 unspecified atom stereocenters. The maximum absolute atomic E-state index is 12.1. The van der Waals surface area contributed by atoms with Crippen molar-refractivity contribution in [1.29, 1.82) is 0 Å². The van der Waals surface area contributed by atoms with E-state index in [1.165, 1.54) is 0 Å². The fourth-order valence-corrected chi connectivity index (χ4v) is 2.70. The summed E-state index contributed by atoms with van der Waals surface area (Å²) in [6, 6.07) is 7.85. The van der Waals surface area contributed by atoms with Gasteiger partial charge in [0, 0.05) is 42.3 Å². The predicted molar refractivity (Wildman–Crippen MR) is 81.0 cm³/mol. The molecule has 0 aliphatic carbocycles. The number of likely N-dealkylation sites (tertiary alicyclic amines) is 1. The summed E-state index contributed by atoms with van der Waals surface area (Å²) in [5, 5.41) is 3.33. The SMILES string of the molecule is NCC(CC(=O)N1CCCC1)Nc1ccccc1Br. The summed E-state index contributed by atoms with van der Waals surface area (Å²) in [5.74, 6) is 0.201. The van der Waals surface area contributed by atoms with Gasteiger partial charge in [-0.25, -0.2) is 0 Å². The minimum absolute atomic E-state index is 0.0215.